The fourth-order valence-corrected chi connectivity index (χ4v) is 3.00. The van der Waals surface area contributed by atoms with E-state index < -0.39 is 0 Å². The summed E-state index contributed by atoms with van der Waals surface area (Å²) in [6, 6.07) is 0. The van der Waals surface area contributed by atoms with Gasteiger partial charge in [0.05, 0.1) is 26.2 Å². The molecule has 0 unspecified atom stereocenters. The Labute approximate surface area is 118 Å². The number of aliphatic hydroxyl groups is 1. The molecule has 2 nitrogen and oxygen atoms in total. The molecule has 1 aliphatic rings. The van der Waals surface area contributed by atoms with Gasteiger partial charge in [-0.05, 0) is 12.8 Å². The van der Waals surface area contributed by atoms with Crippen LogP contribution in [-0.4, -0.2) is 42.4 Å². The number of aliphatic hydroxyl groups excluding tert-OH is 1. The van der Waals surface area contributed by atoms with Gasteiger partial charge in [0.1, 0.15) is 6.54 Å². The molecule has 0 saturated carbocycles. The molecule has 1 N–H and O–H groups in total. The van der Waals surface area contributed by atoms with Crippen LogP contribution < -0.4 is 17.0 Å². The van der Waals surface area contributed by atoms with Crippen LogP contribution in [0.4, 0.5) is 0 Å². The maximum atomic E-state index is 9.15. The van der Waals surface area contributed by atoms with Crippen LogP contribution >= 0.6 is 0 Å². The number of halogens is 1. The second kappa shape index (κ2) is 10.3. The van der Waals surface area contributed by atoms with Crippen molar-refractivity contribution >= 4 is 0 Å². The second-order valence-electron chi connectivity index (χ2n) is 5.43. The lowest BCUT2D eigenvalue weighted by Crippen LogP contribution is -3.00. The number of hydrogen-bond acceptors (Lipinski definition) is 1. The lowest BCUT2D eigenvalue weighted by Gasteiger charge is -2.33. The molecule has 0 aromatic heterocycles. The lowest BCUT2D eigenvalue weighted by molar-refractivity contribution is -0.917. The van der Waals surface area contributed by atoms with Gasteiger partial charge in [-0.2, -0.15) is 0 Å². The quantitative estimate of drug-likeness (QED) is 0.468. The van der Waals surface area contributed by atoms with E-state index in [0.29, 0.717) is 6.61 Å². The average molecular weight is 308 g/mol. The summed E-state index contributed by atoms with van der Waals surface area (Å²) < 4.78 is 1.21. The number of hydrogen-bond donors (Lipinski definition) is 1. The SMILES string of the molecule is CCCCCCCC[N+]1(CCO)CCCC1.[Br-]. The summed E-state index contributed by atoms with van der Waals surface area (Å²) in [6.45, 7) is 7.58. The Kier molecular flexibility index (Phi) is 10.6. The highest BCUT2D eigenvalue weighted by molar-refractivity contribution is 4.55. The molecule has 0 spiro atoms. The standard InChI is InChI=1S/C14H30NO.BrH/c1-2-3-4-5-6-7-10-15(13-14-16)11-8-9-12-15;/h16H,2-14H2,1H3;1H/q+1;/p-1. The fraction of sp³-hybridized carbons (Fsp3) is 1.00. The van der Waals surface area contributed by atoms with Crippen molar-refractivity contribution in [2.75, 3.05) is 32.8 Å². The highest BCUT2D eigenvalue weighted by Gasteiger charge is 2.30. The first kappa shape index (κ1) is 17.4. The molecular formula is C14H30BrNO. The van der Waals surface area contributed by atoms with Crippen molar-refractivity contribution in [2.45, 2.75) is 58.3 Å². The zero-order chi connectivity index (χ0) is 11.7. The van der Waals surface area contributed by atoms with E-state index in [-0.39, 0.29) is 17.0 Å². The van der Waals surface area contributed by atoms with Gasteiger partial charge >= 0.3 is 0 Å². The van der Waals surface area contributed by atoms with E-state index >= 15 is 0 Å². The van der Waals surface area contributed by atoms with Gasteiger partial charge in [-0.25, -0.2) is 0 Å². The van der Waals surface area contributed by atoms with Crippen molar-refractivity contribution in [3.8, 4) is 0 Å². The summed E-state index contributed by atoms with van der Waals surface area (Å²) >= 11 is 0. The number of quaternary nitrogens is 1. The molecule has 104 valence electrons. The van der Waals surface area contributed by atoms with Crippen LogP contribution in [0.25, 0.3) is 0 Å². The van der Waals surface area contributed by atoms with E-state index in [0.717, 1.165) is 6.54 Å². The Morgan fingerprint density at radius 2 is 1.47 bits per heavy atom. The van der Waals surface area contributed by atoms with Crippen molar-refractivity contribution in [3.05, 3.63) is 0 Å². The maximum Gasteiger partial charge on any atom is 0.102 e. The van der Waals surface area contributed by atoms with Crippen molar-refractivity contribution in [1.82, 2.24) is 0 Å². The van der Waals surface area contributed by atoms with Crippen molar-refractivity contribution in [2.24, 2.45) is 0 Å². The largest absolute Gasteiger partial charge is 1.00 e. The van der Waals surface area contributed by atoms with E-state index in [9.17, 15) is 0 Å². The van der Waals surface area contributed by atoms with Gasteiger partial charge in [-0.15, -0.1) is 0 Å². The monoisotopic (exact) mass is 307 g/mol. The van der Waals surface area contributed by atoms with Crippen molar-refractivity contribution in [3.63, 3.8) is 0 Å². The van der Waals surface area contributed by atoms with Gasteiger partial charge < -0.3 is 26.6 Å². The molecule has 1 heterocycles. The summed E-state index contributed by atoms with van der Waals surface area (Å²) in [5, 5.41) is 9.15. The predicted octanol–water partition coefficient (Wildman–Crippen LogP) is -0.0462. The smallest absolute Gasteiger partial charge is 0.102 e. The van der Waals surface area contributed by atoms with E-state index in [1.807, 2.05) is 0 Å². The summed E-state index contributed by atoms with van der Waals surface area (Å²) in [5.74, 6) is 0. The summed E-state index contributed by atoms with van der Waals surface area (Å²) in [6.07, 6.45) is 11.1. The highest BCUT2D eigenvalue weighted by atomic mass is 79.9. The van der Waals surface area contributed by atoms with Crippen LogP contribution in [0.3, 0.4) is 0 Å². The molecule has 1 saturated heterocycles. The van der Waals surface area contributed by atoms with E-state index in [1.54, 1.807) is 0 Å². The Morgan fingerprint density at radius 3 is 2.06 bits per heavy atom. The first-order chi connectivity index (χ1) is 7.83. The minimum atomic E-state index is 0. The topological polar surface area (TPSA) is 20.2 Å². The zero-order valence-corrected chi connectivity index (χ0v) is 13.1. The molecule has 1 rings (SSSR count). The summed E-state index contributed by atoms with van der Waals surface area (Å²) in [5.41, 5.74) is 0. The van der Waals surface area contributed by atoms with Crippen LogP contribution in [0.2, 0.25) is 0 Å². The fourth-order valence-electron chi connectivity index (χ4n) is 3.00. The molecule has 0 atom stereocenters. The molecule has 3 heteroatoms. The maximum absolute atomic E-state index is 9.15. The van der Waals surface area contributed by atoms with E-state index in [4.69, 9.17) is 5.11 Å². The Bertz CT molecular complexity index is 170. The third-order valence-corrected chi connectivity index (χ3v) is 4.08. The van der Waals surface area contributed by atoms with Gasteiger partial charge in [0.2, 0.25) is 0 Å². The molecule has 1 fully saturated rings. The first-order valence-corrected chi connectivity index (χ1v) is 7.29. The third kappa shape index (κ3) is 6.78. The molecule has 0 radical (unpaired) electrons. The first-order valence-electron chi connectivity index (χ1n) is 7.29. The molecule has 0 amide bonds. The summed E-state index contributed by atoms with van der Waals surface area (Å²) in [4.78, 5) is 0. The van der Waals surface area contributed by atoms with Crippen LogP contribution in [0.5, 0.6) is 0 Å². The second-order valence-corrected chi connectivity index (χ2v) is 5.43. The molecule has 0 aliphatic carbocycles. The van der Waals surface area contributed by atoms with Crippen LogP contribution in [0, 0.1) is 0 Å². The summed E-state index contributed by atoms with van der Waals surface area (Å²) in [7, 11) is 0. The van der Waals surface area contributed by atoms with E-state index in [2.05, 4.69) is 6.92 Å². The van der Waals surface area contributed by atoms with Crippen LogP contribution in [-0.2, 0) is 0 Å². The molecule has 0 aromatic rings. The van der Waals surface area contributed by atoms with Gasteiger partial charge in [0.25, 0.3) is 0 Å². The minimum absolute atomic E-state index is 0. The number of likely N-dealkylation sites (tertiary alicyclic amines) is 1. The normalized spacial score (nSPS) is 18.0. The highest BCUT2D eigenvalue weighted by Crippen LogP contribution is 2.20. The van der Waals surface area contributed by atoms with Crippen LogP contribution in [0.1, 0.15) is 58.3 Å². The number of unbranched alkanes of at least 4 members (excludes halogenated alkanes) is 5. The predicted molar refractivity (Wildman–Crippen MR) is 69.4 cm³/mol. The number of nitrogens with zero attached hydrogens (tertiary/aromatic N) is 1. The average Bonchev–Trinajstić information content (AvgIpc) is 2.73. The Balaban J connectivity index is 0.00000256. The zero-order valence-electron chi connectivity index (χ0n) is 11.5. The Morgan fingerprint density at radius 1 is 0.882 bits per heavy atom. The number of rotatable bonds is 9. The van der Waals surface area contributed by atoms with Crippen molar-refractivity contribution in [1.29, 1.82) is 0 Å². The van der Waals surface area contributed by atoms with Gasteiger partial charge in [0.15, 0.2) is 0 Å². The molecule has 0 aromatic carbocycles. The minimum Gasteiger partial charge on any atom is -1.00 e. The van der Waals surface area contributed by atoms with Gasteiger partial charge in [-0.1, -0.05) is 32.6 Å². The molecule has 1 aliphatic heterocycles. The Hall–Kier alpha value is 0.400. The van der Waals surface area contributed by atoms with E-state index in [1.165, 1.54) is 75.5 Å². The van der Waals surface area contributed by atoms with Gasteiger partial charge in [-0.3, -0.25) is 0 Å². The molecule has 17 heavy (non-hydrogen) atoms. The third-order valence-electron chi connectivity index (χ3n) is 4.08. The molecule has 0 bridgehead atoms. The van der Waals surface area contributed by atoms with Crippen molar-refractivity contribution < 1.29 is 26.6 Å². The van der Waals surface area contributed by atoms with Gasteiger partial charge in [0, 0.05) is 12.8 Å². The lowest BCUT2D eigenvalue weighted by atomic mass is 10.1. The van der Waals surface area contributed by atoms with Crippen LogP contribution in [0.15, 0.2) is 0 Å². The molecular weight excluding hydrogens is 278 g/mol.